The lowest BCUT2D eigenvalue weighted by Gasteiger charge is -2.23. The molecule has 15 heavy (non-hydrogen) atoms. The zero-order valence-electron chi connectivity index (χ0n) is 8.99. The van der Waals surface area contributed by atoms with Gasteiger partial charge < -0.3 is 9.64 Å². The maximum atomic E-state index is 7.93. The third kappa shape index (κ3) is 1.96. The summed E-state index contributed by atoms with van der Waals surface area (Å²) in [5, 5.41) is 7.93. The van der Waals surface area contributed by atoms with Gasteiger partial charge in [-0.1, -0.05) is 19.1 Å². The number of nitrogens with zero attached hydrogens (tertiary/aromatic N) is 1. The highest BCUT2D eigenvalue weighted by atomic mass is 16.5. The molecule has 0 atom stereocenters. The SMILES string of the molecule is CCC(=N)N1CCCOc2ccccc21. The maximum absolute atomic E-state index is 7.93. The summed E-state index contributed by atoms with van der Waals surface area (Å²) < 4.78 is 5.64. The first-order valence-corrected chi connectivity index (χ1v) is 5.39. The number of ether oxygens (including phenoxy) is 1. The van der Waals surface area contributed by atoms with Crippen molar-refractivity contribution in [2.75, 3.05) is 18.1 Å². The fourth-order valence-corrected chi connectivity index (χ4v) is 1.80. The van der Waals surface area contributed by atoms with E-state index in [1.807, 2.05) is 36.1 Å². The summed E-state index contributed by atoms with van der Waals surface area (Å²) in [5.41, 5.74) is 1.03. The molecule has 3 nitrogen and oxygen atoms in total. The topological polar surface area (TPSA) is 36.3 Å². The van der Waals surface area contributed by atoms with Gasteiger partial charge in [-0.15, -0.1) is 0 Å². The molecule has 1 heterocycles. The van der Waals surface area contributed by atoms with Crippen LogP contribution in [0.15, 0.2) is 24.3 Å². The van der Waals surface area contributed by atoms with Crippen molar-refractivity contribution in [3.63, 3.8) is 0 Å². The van der Waals surface area contributed by atoms with Crippen molar-refractivity contribution < 1.29 is 4.74 Å². The molecule has 0 saturated carbocycles. The van der Waals surface area contributed by atoms with Crippen molar-refractivity contribution in [3.8, 4) is 5.75 Å². The van der Waals surface area contributed by atoms with Gasteiger partial charge >= 0.3 is 0 Å². The quantitative estimate of drug-likeness (QED) is 0.564. The summed E-state index contributed by atoms with van der Waals surface area (Å²) in [4.78, 5) is 2.04. The highest BCUT2D eigenvalue weighted by Crippen LogP contribution is 2.30. The van der Waals surface area contributed by atoms with Gasteiger partial charge in [-0.3, -0.25) is 5.41 Å². The van der Waals surface area contributed by atoms with E-state index in [1.165, 1.54) is 0 Å². The third-order valence-corrected chi connectivity index (χ3v) is 2.60. The normalized spacial score (nSPS) is 15.1. The molecular formula is C12H16N2O. The lowest BCUT2D eigenvalue weighted by Crippen LogP contribution is -2.30. The Kier molecular flexibility index (Phi) is 2.90. The molecule has 0 spiro atoms. The van der Waals surface area contributed by atoms with E-state index in [-0.39, 0.29) is 0 Å². The van der Waals surface area contributed by atoms with Gasteiger partial charge in [0.2, 0.25) is 0 Å². The molecule has 0 aromatic heterocycles. The van der Waals surface area contributed by atoms with Crippen LogP contribution in [-0.4, -0.2) is 19.0 Å². The first kappa shape index (κ1) is 10.0. The summed E-state index contributed by atoms with van der Waals surface area (Å²) in [6, 6.07) is 7.95. The molecule has 3 heteroatoms. The number of rotatable bonds is 1. The minimum atomic E-state index is 0.660. The van der Waals surface area contributed by atoms with Crippen LogP contribution in [-0.2, 0) is 0 Å². The molecule has 2 rings (SSSR count). The standard InChI is InChI=1S/C12H16N2O/c1-2-12(13)14-8-5-9-15-11-7-4-3-6-10(11)14/h3-4,6-7,13H,2,5,8-9H2,1H3. The minimum Gasteiger partial charge on any atom is -0.491 e. The summed E-state index contributed by atoms with van der Waals surface area (Å²) in [5.74, 6) is 1.56. The number of anilines is 1. The Morgan fingerprint density at radius 1 is 1.47 bits per heavy atom. The summed E-state index contributed by atoms with van der Waals surface area (Å²) in [6.07, 6.45) is 1.73. The van der Waals surface area contributed by atoms with E-state index in [1.54, 1.807) is 0 Å². The second kappa shape index (κ2) is 4.34. The van der Waals surface area contributed by atoms with E-state index in [9.17, 15) is 0 Å². The average Bonchev–Trinajstić information content (AvgIpc) is 2.50. The van der Waals surface area contributed by atoms with Crippen LogP contribution in [0.2, 0.25) is 0 Å². The molecule has 0 amide bonds. The molecule has 0 bridgehead atoms. The van der Waals surface area contributed by atoms with Gasteiger partial charge in [0.25, 0.3) is 0 Å². The van der Waals surface area contributed by atoms with Gasteiger partial charge in [-0.25, -0.2) is 0 Å². The number of amidine groups is 1. The molecule has 1 N–H and O–H groups in total. The molecule has 0 unspecified atom stereocenters. The van der Waals surface area contributed by atoms with E-state index in [4.69, 9.17) is 10.1 Å². The Morgan fingerprint density at radius 3 is 3.07 bits per heavy atom. The van der Waals surface area contributed by atoms with Crippen molar-refractivity contribution in [3.05, 3.63) is 24.3 Å². The smallest absolute Gasteiger partial charge is 0.142 e. The Morgan fingerprint density at radius 2 is 2.27 bits per heavy atom. The van der Waals surface area contributed by atoms with Crippen LogP contribution in [0.4, 0.5) is 5.69 Å². The number of benzene rings is 1. The van der Waals surface area contributed by atoms with Crippen LogP contribution in [0.3, 0.4) is 0 Å². The molecular weight excluding hydrogens is 188 g/mol. The second-order valence-corrected chi connectivity index (χ2v) is 3.62. The van der Waals surface area contributed by atoms with Crippen molar-refractivity contribution >= 4 is 11.5 Å². The summed E-state index contributed by atoms with van der Waals surface area (Å²) >= 11 is 0. The van der Waals surface area contributed by atoms with Crippen molar-refractivity contribution in [1.29, 1.82) is 5.41 Å². The first-order valence-electron chi connectivity index (χ1n) is 5.39. The van der Waals surface area contributed by atoms with Crippen LogP contribution in [0, 0.1) is 5.41 Å². The Labute approximate surface area is 90.2 Å². The Hall–Kier alpha value is -1.51. The lowest BCUT2D eigenvalue weighted by atomic mass is 10.2. The third-order valence-electron chi connectivity index (χ3n) is 2.60. The van der Waals surface area contributed by atoms with Gasteiger partial charge in [0.1, 0.15) is 11.6 Å². The molecule has 0 radical (unpaired) electrons. The van der Waals surface area contributed by atoms with E-state index in [2.05, 4.69) is 0 Å². The lowest BCUT2D eigenvalue weighted by molar-refractivity contribution is 0.322. The maximum Gasteiger partial charge on any atom is 0.142 e. The predicted octanol–water partition coefficient (Wildman–Crippen LogP) is 2.66. The largest absolute Gasteiger partial charge is 0.491 e. The molecule has 1 aliphatic heterocycles. The number of fused-ring (bicyclic) bond motifs is 1. The van der Waals surface area contributed by atoms with Gasteiger partial charge in [0.05, 0.1) is 12.3 Å². The molecule has 0 aliphatic carbocycles. The van der Waals surface area contributed by atoms with Gasteiger partial charge in [0, 0.05) is 13.0 Å². The van der Waals surface area contributed by atoms with Crippen LogP contribution < -0.4 is 9.64 Å². The molecule has 1 aliphatic rings. The van der Waals surface area contributed by atoms with E-state index in [0.29, 0.717) is 5.84 Å². The highest BCUT2D eigenvalue weighted by Gasteiger charge is 2.17. The van der Waals surface area contributed by atoms with E-state index in [0.717, 1.165) is 37.4 Å². The van der Waals surface area contributed by atoms with Crippen molar-refractivity contribution in [1.82, 2.24) is 0 Å². The van der Waals surface area contributed by atoms with E-state index < -0.39 is 0 Å². The zero-order valence-corrected chi connectivity index (χ0v) is 8.99. The molecule has 80 valence electrons. The van der Waals surface area contributed by atoms with Crippen LogP contribution in [0.25, 0.3) is 0 Å². The van der Waals surface area contributed by atoms with Gasteiger partial charge in [0.15, 0.2) is 0 Å². The van der Waals surface area contributed by atoms with Gasteiger partial charge in [-0.2, -0.15) is 0 Å². The second-order valence-electron chi connectivity index (χ2n) is 3.62. The van der Waals surface area contributed by atoms with Crippen LogP contribution >= 0.6 is 0 Å². The van der Waals surface area contributed by atoms with Crippen LogP contribution in [0.5, 0.6) is 5.75 Å². The highest BCUT2D eigenvalue weighted by molar-refractivity contribution is 5.96. The fraction of sp³-hybridized carbons (Fsp3) is 0.417. The van der Waals surface area contributed by atoms with Crippen LogP contribution in [0.1, 0.15) is 19.8 Å². The number of nitrogens with one attached hydrogen (secondary N) is 1. The first-order chi connectivity index (χ1) is 7.33. The Balaban J connectivity index is 2.37. The number of para-hydroxylation sites is 2. The number of hydrogen-bond acceptors (Lipinski definition) is 2. The molecule has 1 aromatic carbocycles. The zero-order chi connectivity index (χ0) is 10.7. The number of hydrogen-bond donors (Lipinski definition) is 1. The predicted molar refractivity (Wildman–Crippen MR) is 61.9 cm³/mol. The summed E-state index contributed by atoms with van der Waals surface area (Å²) in [7, 11) is 0. The van der Waals surface area contributed by atoms with Crippen molar-refractivity contribution in [2.24, 2.45) is 0 Å². The molecule has 0 saturated heterocycles. The fourth-order valence-electron chi connectivity index (χ4n) is 1.80. The molecule has 0 fully saturated rings. The summed E-state index contributed by atoms with van der Waals surface area (Å²) in [6.45, 7) is 3.63. The average molecular weight is 204 g/mol. The van der Waals surface area contributed by atoms with Crippen molar-refractivity contribution in [2.45, 2.75) is 19.8 Å². The van der Waals surface area contributed by atoms with Gasteiger partial charge in [-0.05, 0) is 18.6 Å². The monoisotopic (exact) mass is 204 g/mol. The molecule has 1 aromatic rings. The minimum absolute atomic E-state index is 0.660. The Bertz CT molecular complexity index is 362. The van der Waals surface area contributed by atoms with E-state index >= 15 is 0 Å².